The third-order valence-electron chi connectivity index (χ3n) is 3.57. The Labute approximate surface area is 139 Å². The van der Waals surface area contributed by atoms with Gasteiger partial charge in [0.15, 0.2) is 11.0 Å². The maximum absolute atomic E-state index is 12.3. The Balaban J connectivity index is 2.06. The van der Waals surface area contributed by atoms with Crippen LogP contribution in [0.1, 0.15) is 34.1 Å². The first-order valence-electron chi connectivity index (χ1n) is 7.26. The van der Waals surface area contributed by atoms with Gasteiger partial charge in [-0.3, -0.25) is 4.79 Å². The fraction of sp³-hybridized carbons (Fsp3) is 0.533. The third kappa shape index (κ3) is 3.89. The molecule has 0 saturated heterocycles. The minimum Gasteiger partial charge on any atom is -0.350 e. The molecule has 1 amide bonds. The van der Waals surface area contributed by atoms with Crippen LogP contribution < -0.4 is 5.32 Å². The number of nitrogens with one attached hydrogen (secondary N) is 1. The molecule has 2 aromatic rings. The zero-order chi connectivity index (χ0) is 16.3. The average Bonchev–Trinajstić information content (AvgIpc) is 3.09. The van der Waals surface area contributed by atoms with E-state index in [2.05, 4.69) is 22.4 Å². The van der Waals surface area contributed by atoms with Crippen LogP contribution in [0.15, 0.2) is 22.7 Å². The summed E-state index contributed by atoms with van der Waals surface area (Å²) in [7, 11) is 1.93. The van der Waals surface area contributed by atoms with Crippen LogP contribution >= 0.6 is 23.1 Å². The number of thiophene rings is 1. The van der Waals surface area contributed by atoms with Crippen molar-refractivity contribution >= 4 is 29.0 Å². The highest BCUT2D eigenvalue weighted by Gasteiger charge is 2.24. The van der Waals surface area contributed by atoms with E-state index >= 15 is 0 Å². The van der Waals surface area contributed by atoms with Crippen molar-refractivity contribution in [2.75, 3.05) is 0 Å². The summed E-state index contributed by atoms with van der Waals surface area (Å²) in [5.41, 5.74) is -0.187. The molecular weight excluding hydrogens is 316 g/mol. The predicted octanol–water partition coefficient (Wildman–Crippen LogP) is 3.33. The van der Waals surface area contributed by atoms with Crippen LogP contribution in [0.2, 0.25) is 0 Å². The van der Waals surface area contributed by atoms with Gasteiger partial charge in [-0.1, -0.05) is 24.8 Å². The molecule has 0 aliphatic carbocycles. The van der Waals surface area contributed by atoms with E-state index in [1.807, 2.05) is 49.9 Å². The monoisotopic (exact) mass is 338 g/mol. The lowest BCUT2D eigenvalue weighted by Crippen LogP contribution is -2.46. The summed E-state index contributed by atoms with van der Waals surface area (Å²) in [5.74, 6) is 0.858. The number of hydrogen-bond donors (Lipinski definition) is 1. The first-order chi connectivity index (χ1) is 10.3. The molecule has 7 heteroatoms. The van der Waals surface area contributed by atoms with Crippen LogP contribution in [0.4, 0.5) is 0 Å². The summed E-state index contributed by atoms with van der Waals surface area (Å²) >= 11 is 3.06. The molecule has 0 saturated carbocycles. The summed E-state index contributed by atoms with van der Waals surface area (Å²) < 4.78 is 1.94. The first kappa shape index (κ1) is 17.0. The third-order valence-corrected chi connectivity index (χ3v) is 5.57. The van der Waals surface area contributed by atoms with Gasteiger partial charge in [0.05, 0.1) is 10.1 Å². The van der Waals surface area contributed by atoms with Gasteiger partial charge in [0.2, 0.25) is 5.91 Å². The molecule has 0 radical (unpaired) electrons. The zero-order valence-corrected chi connectivity index (χ0v) is 15.2. The highest BCUT2D eigenvalue weighted by atomic mass is 32.2. The fourth-order valence-corrected chi connectivity index (χ4v) is 3.33. The Bertz CT molecular complexity index is 634. The number of thioether (sulfide) groups is 1. The normalized spacial score (nSPS) is 13.1. The van der Waals surface area contributed by atoms with Crippen molar-refractivity contribution in [1.29, 1.82) is 0 Å². The summed E-state index contributed by atoms with van der Waals surface area (Å²) in [6.45, 7) is 8.01. The van der Waals surface area contributed by atoms with E-state index in [0.29, 0.717) is 0 Å². The Morgan fingerprint density at radius 2 is 2.23 bits per heavy atom. The molecule has 1 unspecified atom stereocenters. The zero-order valence-electron chi connectivity index (χ0n) is 13.6. The maximum atomic E-state index is 12.3. The van der Waals surface area contributed by atoms with Gasteiger partial charge < -0.3 is 9.88 Å². The van der Waals surface area contributed by atoms with Crippen molar-refractivity contribution in [1.82, 2.24) is 20.1 Å². The summed E-state index contributed by atoms with van der Waals surface area (Å²) in [5, 5.41) is 14.1. The number of nitrogens with zero attached hydrogens (tertiary/aromatic N) is 3. The summed E-state index contributed by atoms with van der Waals surface area (Å²) in [6.07, 6.45) is 0.891. The minimum absolute atomic E-state index is 0.0255. The van der Waals surface area contributed by atoms with Gasteiger partial charge in [-0.2, -0.15) is 0 Å². The fourth-order valence-electron chi connectivity index (χ4n) is 1.77. The Morgan fingerprint density at radius 3 is 2.82 bits per heavy atom. The van der Waals surface area contributed by atoms with E-state index in [1.54, 1.807) is 11.3 Å². The van der Waals surface area contributed by atoms with Crippen LogP contribution in [-0.4, -0.2) is 31.5 Å². The van der Waals surface area contributed by atoms with Crippen molar-refractivity contribution in [2.24, 2.45) is 7.05 Å². The van der Waals surface area contributed by atoms with Crippen LogP contribution in [0.5, 0.6) is 0 Å². The van der Waals surface area contributed by atoms with Gasteiger partial charge in [0.1, 0.15) is 0 Å². The molecule has 0 aliphatic heterocycles. The molecule has 2 heterocycles. The molecule has 0 aromatic carbocycles. The molecule has 0 aliphatic rings. The minimum atomic E-state index is -0.218. The second kappa shape index (κ2) is 6.83. The van der Waals surface area contributed by atoms with E-state index < -0.39 is 0 Å². The van der Waals surface area contributed by atoms with Gasteiger partial charge in [-0.25, -0.2) is 0 Å². The van der Waals surface area contributed by atoms with Gasteiger partial charge in [-0.05, 0) is 38.6 Å². The van der Waals surface area contributed by atoms with E-state index in [4.69, 9.17) is 0 Å². The molecule has 120 valence electrons. The SMILES string of the molecule is CCC(C)(C)NC(=O)C(C)Sc1nnc(-c2cccs2)n1C. The lowest BCUT2D eigenvalue weighted by Gasteiger charge is -2.26. The summed E-state index contributed by atoms with van der Waals surface area (Å²) in [6, 6.07) is 4.01. The molecule has 2 rings (SSSR count). The number of hydrogen-bond acceptors (Lipinski definition) is 5. The quantitative estimate of drug-likeness (QED) is 0.821. The van der Waals surface area contributed by atoms with Gasteiger partial charge in [0, 0.05) is 12.6 Å². The second-order valence-electron chi connectivity index (χ2n) is 5.83. The molecule has 0 fully saturated rings. The van der Waals surface area contributed by atoms with E-state index in [-0.39, 0.29) is 16.7 Å². The number of aromatic nitrogens is 3. The van der Waals surface area contributed by atoms with Crippen LogP contribution in [0.3, 0.4) is 0 Å². The van der Waals surface area contributed by atoms with Crippen molar-refractivity contribution in [3.8, 4) is 10.7 Å². The standard InChI is InChI=1S/C15H22N4OS2/c1-6-15(3,4)16-13(20)10(2)22-14-18-17-12(19(14)5)11-8-7-9-21-11/h7-10H,6H2,1-5H3,(H,16,20). The highest BCUT2D eigenvalue weighted by molar-refractivity contribution is 8.00. The first-order valence-corrected chi connectivity index (χ1v) is 9.02. The largest absolute Gasteiger partial charge is 0.350 e. The van der Waals surface area contributed by atoms with Crippen LogP contribution in [-0.2, 0) is 11.8 Å². The Hall–Kier alpha value is -1.34. The molecule has 0 spiro atoms. The number of carbonyl (C=O) groups excluding carboxylic acids is 1. The van der Waals surface area contributed by atoms with E-state index in [1.165, 1.54) is 11.8 Å². The molecular formula is C15H22N4OS2. The number of carbonyl (C=O) groups is 1. The van der Waals surface area contributed by atoms with Crippen LogP contribution in [0, 0.1) is 0 Å². The molecule has 1 atom stereocenters. The Kier molecular flexibility index (Phi) is 5.28. The lowest BCUT2D eigenvalue weighted by molar-refractivity contribution is -0.121. The predicted molar refractivity (Wildman–Crippen MR) is 92.1 cm³/mol. The van der Waals surface area contributed by atoms with Crippen LogP contribution in [0.25, 0.3) is 10.7 Å². The number of amides is 1. The molecule has 1 N–H and O–H groups in total. The molecule has 22 heavy (non-hydrogen) atoms. The smallest absolute Gasteiger partial charge is 0.233 e. The maximum Gasteiger partial charge on any atom is 0.233 e. The topological polar surface area (TPSA) is 59.8 Å². The van der Waals surface area contributed by atoms with Gasteiger partial charge >= 0.3 is 0 Å². The molecule has 2 aromatic heterocycles. The van der Waals surface area contributed by atoms with Crippen molar-refractivity contribution in [3.05, 3.63) is 17.5 Å². The molecule has 0 bridgehead atoms. The van der Waals surface area contributed by atoms with Gasteiger partial charge in [-0.15, -0.1) is 21.5 Å². The van der Waals surface area contributed by atoms with Gasteiger partial charge in [0.25, 0.3) is 0 Å². The summed E-state index contributed by atoms with van der Waals surface area (Å²) in [4.78, 5) is 13.4. The highest BCUT2D eigenvalue weighted by Crippen LogP contribution is 2.28. The Morgan fingerprint density at radius 1 is 1.50 bits per heavy atom. The van der Waals surface area contributed by atoms with E-state index in [0.717, 1.165) is 22.3 Å². The van der Waals surface area contributed by atoms with Crippen molar-refractivity contribution < 1.29 is 4.79 Å². The second-order valence-corrected chi connectivity index (χ2v) is 8.08. The van der Waals surface area contributed by atoms with Crippen molar-refractivity contribution in [3.63, 3.8) is 0 Å². The van der Waals surface area contributed by atoms with Crippen molar-refractivity contribution in [2.45, 2.75) is 50.1 Å². The lowest BCUT2D eigenvalue weighted by atomic mass is 10.0. The van der Waals surface area contributed by atoms with E-state index in [9.17, 15) is 4.79 Å². The molecule has 5 nitrogen and oxygen atoms in total. The average molecular weight is 339 g/mol. The number of rotatable bonds is 6.